The van der Waals surface area contributed by atoms with Crippen LogP contribution in [0.3, 0.4) is 0 Å². The van der Waals surface area contributed by atoms with Crippen LogP contribution in [-0.4, -0.2) is 60.6 Å². The molecule has 8 nitrogen and oxygen atoms in total. The standard InChI is InChI=1S/C12H16N4O4/c1-20-12(17)9-14-4-6-15(7-5-14)10-2-3-11(13-8-10)16(18)19/h2-3,8H,4-7,9H2,1H3. The molecule has 1 fully saturated rings. The summed E-state index contributed by atoms with van der Waals surface area (Å²) in [5.74, 6) is -0.395. The van der Waals surface area contributed by atoms with Crippen LogP contribution >= 0.6 is 0 Å². The van der Waals surface area contributed by atoms with Crippen molar-refractivity contribution in [2.75, 3.05) is 44.7 Å². The van der Waals surface area contributed by atoms with Crippen molar-refractivity contribution < 1.29 is 14.5 Å². The van der Waals surface area contributed by atoms with Crippen molar-refractivity contribution in [3.05, 3.63) is 28.4 Å². The summed E-state index contributed by atoms with van der Waals surface area (Å²) in [6, 6.07) is 3.09. The highest BCUT2D eigenvalue weighted by Crippen LogP contribution is 2.17. The first-order chi connectivity index (χ1) is 9.60. The van der Waals surface area contributed by atoms with Crippen LogP contribution < -0.4 is 4.90 Å². The lowest BCUT2D eigenvalue weighted by Gasteiger charge is -2.34. The number of pyridine rings is 1. The van der Waals surface area contributed by atoms with E-state index in [1.807, 2.05) is 4.90 Å². The van der Waals surface area contributed by atoms with Gasteiger partial charge in [0.25, 0.3) is 0 Å². The molecule has 0 saturated carbocycles. The van der Waals surface area contributed by atoms with Crippen molar-refractivity contribution in [1.82, 2.24) is 9.88 Å². The van der Waals surface area contributed by atoms with Crippen LogP contribution in [-0.2, 0) is 9.53 Å². The highest BCUT2D eigenvalue weighted by Gasteiger charge is 2.20. The fourth-order valence-electron chi connectivity index (χ4n) is 2.08. The first-order valence-corrected chi connectivity index (χ1v) is 6.24. The summed E-state index contributed by atoms with van der Waals surface area (Å²) < 4.78 is 4.63. The zero-order chi connectivity index (χ0) is 14.5. The number of hydrogen-bond acceptors (Lipinski definition) is 7. The van der Waals surface area contributed by atoms with E-state index in [9.17, 15) is 14.9 Å². The smallest absolute Gasteiger partial charge is 0.363 e. The third kappa shape index (κ3) is 3.41. The minimum atomic E-state index is -0.516. The maximum atomic E-state index is 11.2. The molecule has 0 unspecified atom stereocenters. The van der Waals surface area contributed by atoms with Crippen LogP contribution in [0.4, 0.5) is 11.5 Å². The number of ether oxygens (including phenoxy) is 1. The number of nitro groups is 1. The van der Waals surface area contributed by atoms with E-state index in [0.717, 1.165) is 31.9 Å². The third-order valence-electron chi connectivity index (χ3n) is 3.24. The van der Waals surface area contributed by atoms with Gasteiger partial charge in [-0.2, -0.15) is 0 Å². The Bertz CT molecular complexity index is 483. The highest BCUT2D eigenvalue weighted by atomic mass is 16.6. The van der Waals surface area contributed by atoms with Gasteiger partial charge in [0.2, 0.25) is 0 Å². The number of hydrogen-bond donors (Lipinski definition) is 0. The van der Waals surface area contributed by atoms with Crippen LogP contribution in [0.1, 0.15) is 0 Å². The topological polar surface area (TPSA) is 88.8 Å². The molecular weight excluding hydrogens is 264 g/mol. The lowest BCUT2D eigenvalue weighted by Crippen LogP contribution is -2.48. The van der Waals surface area contributed by atoms with Crippen molar-refractivity contribution in [3.63, 3.8) is 0 Å². The number of anilines is 1. The average molecular weight is 280 g/mol. The molecule has 1 aromatic heterocycles. The zero-order valence-electron chi connectivity index (χ0n) is 11.2. The molecule has 8 heteroatoms. The second-order valence-electron chi connectivity index (χ2n) is 4.47. The van der Waals surface area contributed by atoms with E-state index in [1.54, 1.807) is 6.07 Å². The van der Waals surface area contributed by atoms with Crippen molar-refractivity contribution in [2.24, 2.45) is 0 Å². The normalized spacial score (nSPS) is 15.9. The molecule has 0 N–H and O–H groups in total. The Morgan fingerprint density at radius 1 is 1.40 bits per heavy atom. The number of carbonyl (C=O) groups excluding carboxylic acids is 1. The molecule has 2 rings (SSSR count). The molecule has 1 saturated heterocycles. The monoisotopic (exact) mass is 280 g/mol. The Kier molecular flexibility index (Phi) is 4.46. The number of piperazine rings is 1. The van der Waals surface area contributed by atoms with Gasteiger partial charge in [0.05, 0.1) is 19.3 Å². The summed E-state index contributed by atoms with van der Waals surface area (Å²) >= 11 is 0. The van der Waals surface area contributed by atoms with Crippen LogP contribution in [0, 0.1) is 10.1 Å². The quantitative estimate of drug-likeness (QED) is 0.444. The van der Waals surface area contributed by atoms with E-state index in [4.69, 9.17) is 0 Å². The maximum absolute atomic E-state index is 11.2. The Balaban J connectivity index is 1.90. The number of methoxy groups -OCH3 is 1. The molecule has 2 heterocycles. The van der Waals surface area contributed by atoms with Gasteiger partial charge in [-0.25, -0.2) is 0 Å². The summed E-state index contributed by atoms with van der Waals surface area (Å²) in [7, 11) is 1.38. The molecule has 108 valence electrons. The van der Waals surface area contributed by atoms with E-state index >= 15 is 0 Å². The Morgan fingerprint density at radius 3 is 2.60 bits per heavy atom. The molecule has 0 amide bonds. The Hall–Kier alpha value is -2.22. The van der Waals surface area contributed by atoms with Gasteiger partial charge in [-0.1, -0.05) is 0 Å². The molecule has 0 aromatic carbocycles. The van der Waals surface area contributed by atoms with Crippen LogP contribution in [0.25, 0.3) is 0 Å². The summed E-state index contributed by atoms with van der Waals surface area (Å²) in [6.45, 7) is 3.27. The SMILES string of the molecule is COC(=O)CN1CCN(c2ccc([N+](=O)[O-])nc2)CC1. The van der Waals surface area contributed by atoms with Gasteiger partial charge in [-0.3, -0.25) is 9.69 Å². The largest absolute Gasteiger partial charge is 0.468 e. The second-order valence-corrected chi connectivity index (χ2v) is 4.47. The van der Waals surface area contributed by atoms with Crippen LogP contribution in [0.15, 0.2) is 18.3 Å². The predicted octanol–water partition coefficient (Wildman–Crippen LogP) is 0.285. The summed E-state index contributed by atoms with van der Waals surface area (Å²) in [5.41, 5.74) is 0.855. The van der Waals surface area contributed by atoms with E-state index in [0.29, 0.717) is 6.54 Å². The van der Waals surface area contributed by atoms with E-state index in [2.05, 4.69) is 14.6 Å². The fraction of sp³-hybridized carbons (Fsp3) is 0.500. The van der Waals surface area contributed by atoms with E-state index in [-0.39, 0.29) is 11.8 Å². The van der Waals surface area contributed by atoms with Crippen LogP contribution in [0.5, 0.6) is 0 Å². The molecule has 20 heavy (non-hydrogen) atoms. The molecule has 0 bridgehead atoms. The average Bonchev–Trinajstić information content (AvgIpc) is 2.48. The Morgan fingerprint density at radius 2 is 2.10 bits per heavy atom. The molecule has 0 spiro atoms. The highest BCUT2D eigenvalue weighted by molar-refractivity contribution is 5.71. The third-order valence-corrected chi connectivity index (χ3v) is 3.24. The first kappa shape index (κ1) is 14.2. The van der Waals surface area contributed by atoms with Gasteiger partial charge in [0.15, 0.2) is 6.20 Å². The lowest BCUT2D eigenvalue weighted by atomic mass is 10.2. The molecule has 1 aliphatic heterocycles. The van der Waals surface area contributed by atoms with Crippen molar-refractivity contribution >= 4 is 17.5 Å². The van der Waals surface area contributed by atoms with Crippen LogP contribution in [0.2, 0.25) is 0 Å². The zero-order valence-corrected chi connectivity index (χ0v) is 11.2. The molecular formula is C12H16N4O4. The molecule has 1 aliphatic rings. The van der Waals surface area contributed by atoms with Crippen molar-refractivity contribution in [2.45, 2.75) is 0 Å². The second kappa shape index (κ2) is 6.29. The lowest BCUT2D eigenvalue weighted by molar-refractivity contribution is -0.389. The Labute approximate surface area is 116 Å². The first-order valence-electron chi connectivity index (χ1n) is 6.24. The number of esters is 1. The van der Waals surface area contributed by atoms with Gasteiger partial charge in [0, 0.05) is 32.2 Å². The summed E-state index contributed by atoms with van der Waals surface area (Å²) in [6.07, 6.45) is 1.51. The summed E-state index contributed by atoms with van der Waals surface area (Å²) in [5, 5.41) is 10.5. The van der Waals surface area contributed by atoms with Gasteiger partial charge < -0.3 is 19.8 Å². The fourth-order valence-corrected chi connectivity index (χ4v) is 2.08. The minimum absolute atomic E-state index is 0.155. The number of carbonyl (C=O) groups is 1. The van der Waals surface area contributed by atoms with Gasteiger partial charge in [0.1, 0.15) is 0 Å². The summed E-state index contributed by atoms with van der Waals surface area (Å²) in [4.78, 5) is 29.1. The van der Waals surface area contributed by atoms with Crippen molar-refractivity contribution in [1.29, 1.82) is 0 Å². The molecule has 0 radical (unpaired) electrons. The van der Waals surface area contributed by atoms with E-state index < -0.39 is 4.92 Å². The number of rotatable bonds is 4. The van der Waals surface area contributed by atoms with Gasteiger partial charge in [-0.15, -0.1) is 0 Å². The number of aromatic nitrogens is 1. The van der Waals surface area contributed by atoms with E-state index in [1.165, 1.54) is 19.4 Å². The van der Waals surface area contributed by atoms with Gasteiger partial charge >= 0.3 is 11.8 Å². The van der Waals surface area contributed by atoms with Crippen molar-refractivity contribution in [3.8, 4) is 0 Å². The molecule has 1 aromatic rings. The van der Waals surface area contributed by atoms with Gasteiger partial charge in [-0.05, 0) is 16.0 Å². The predicted molar refractivity (Wildman–Crippen MR) is 71.6 cm³/mol. The molecule has 0 aliphatic carbocycles. The maximum Gasteiger partial charge on any atom is 0.363 e. The minimum Gasteiger partial charge on any atom is -0.468 e. The number of nitrogens with zero attached hydrogens (tertiary/aromatic N) is 4. The molecule has 0 atom stereocenters.